The van der Waals surface area contributed by atoms with Crippen LogP contribution in [0, 0.1) is 0 Å². The first kappa shape index (κ1) is 44.8. The molecule has 0 saturated heterocycles. The zero-order valence-corrected chi connectivity index (χ0v) is 32.8. The molecule has 0 fully saturated rings. The fourth-order valence-electron chi connectivity index (χ4n) is 5.45. The quantitative estimate of drug-likeness (QED) is 0.0463. The molecule has 6 heteroatoms. The number of carbonyl (C=O) groups is 1. The van der Waals surface area contributed by atoms with Gasteiger partial charge in [0.2, 0.25) is 5.91 Å². The van der Waals surface area contributed by atoms with Crippen LogP contribution in [0.1, 0.15) is 165 Å². The van der Waals surface area contributed by atoms with Crippen molar-refractivity contribution in [2.75, 3.05) is 40.3 Å². The van der Waals surface area contributed by atoms with Gasteiger partial charge in [0.15, 0.2) is 0 Å². The van der Waals surface area contributed by atoms with Crippen molar-refractivity contribution in [3.63, 3.8) is 0 Å². The van der Waals surface area contributed by atoms with Crippen molar-refractivity contribution in [2.45, 2.75) is 187 Å². The minimum absolute atomic E-state index is 0.000665. The number of nitrogens with one attached hydrogen (secondary N) is 4. The van der Waals surface area contributed by atoms with Crippen LogP contribution >= 0.6 is 0 Å². The molecule has 0 aliphatic rings. The summed E-state index contributed by atoms with van der Waals surface area (Å²) in [5.41, 5.74) is 0.298. The Kier molecular flexibility index (Phi) is 24.2. The fraction of sp³-hybridized carbons (Fsp3) is 0.875. The lowest BCUT2D eigenvalue weighted by Gasteiger charge is -2.42. The Morgan fingerprint density at radius 2 is 1.13 bits per heavy atom. The minimum Gasteiger partial charge on any atom is -0.356 e. The van der Waals surface area contributed by atoms with Gasteiger partial charge in [-0.15, -0.1) is 0 Å². The van der Waals surface area contributed by atoms with E-state index in [1.54, 1.807) is 0 Å². The number of hydrogen-bond acceptors (Lipinski definition) is 5. The molecule has 0 rings (SSSR count). The van der Waals surface area contributed by atoms with E-state index in [1.165, 1.54) is 51.4 Å². The average molecular weight is 648 g/mol. The molecule has 0 spiro atoms. The SMILES string of the molecule is CCCCC/C=C\C/C=C\CCCCCCCC(=O)NCCC(C)(C)N(CCC(C)(C)NC)CCC(C)(C)NCCC(C)(C)NC. The molecule has 0 heterocycles. The lowest BCUT2D eigenvalue weighted by Crippen LogP contribution is -2.52. The van der Waals surface area contributed by atoms with Crippen LogP contribution in [0.15, 0.2) is 24.3 Å². The highest BCUT2D eigenvalue weighted by molar-refractivity contribution is 5.75. The van der Waals surface area contributed by atoms with E-state index in [9.17, 15) is 4.79 Å². The van der Waals surface area contributed by atoms with Gasteiger partial charge in [0.05, 0.1) is 0 Å². The molecule has 0 aromatic carbocycles. The number of unbranched alkanes of at least 4 members (excludes halogenated alkanes) is 8. The van der Waals surface area contributed by atoms with Crippen LogP contribution in [0.3, 0.4) is 0 Å². The van der Waals surface area contributed by atoms with Gasteiger partial charge in [-0.05, 0) is 140 Å². The topological polar surface area (TPSA) is 68.4 Å². The summed E-state index contributed by atoms with van der Waals surface area (Å²) in [6, 6.07) is 0. The third-order valence-electron chi connectivity index (χ3n) is 9.99. The van der Waals surface area contributed by atoms with Crippen LogP contribution in [-0.2, 0) is 4.79 Å². The second kappa shape index (κ2) is 24.9. The Morgan fingerprint density at radius 1 is 0.609 bits per heavy atom. The summed E-state index contributed by atoms with van der Waals surface area (Å²) in [7, 11) is 4.09. The van der Waals surface area contributed by atoms with Crippen LogP contribution < -0.4 is 21.3 Å². The van der Waals surface area contributed by atoms with E-state index >= 15 is 0 Å². The lowest BCUT2D eigenvalue weighted by molar-refractivity contribution is -0.121. The summed E-state index contributed by atoms with van der Waals surface area (Å²) in [4.78, 5) is 15.3. The lowest BCUT2D eigenvalue weighted by atomic mass is 9.92. The zero-order chi connectivity index (χ0) is 35.0. The van der Waals surface area contributed by atoms with Crippen LogP contribution in [-0.4, -0.2) is 73.2 Å². The molecule has 0 saturated carbocycles. The molecule has 0 bridgehead atoms. The van der Waals surface area contributed by atoms with Gasteiger partial charge in [-0.25, -0.2) is 0 Å². The van der Waals surface area contributed by atoms with Crippen molar-refractivity contribution >= 4 is 5.91 Å². The maximum absolute atomic E-state index is 12.6. The van der Waals surface area contributed by atoms with E-state index in [1.807, 2.05) is 7.05 Å². The smallest absolute Gasteiger partial charge is 0.219 e. The molecule has 46 heavy (non-hydrogen) atoms. The highest BCUT2D eigenvalue weighted by Crippen LogP contribution is 2.23. The Balaban J connectivity index is 4.48. The molecule has 4 N–H and O–H groups in total. The van der Waals surface area contributed by atoms with Crippen LogP contribution in [0.5, 0.6) is 0 Å². The fourth-order valence-corrected chi connectivity index (χ4v) is 5.45. The van der Waals surface area contributed by atoms with E-state index in [0.717, 1.165) is 71.1 Å². The molecule has 6 nitrogen and oxygen atoms in total. The molecule has 0 atom stereocenters. The second-order valence-electron chi connectivity index (χ2n) is 16.2. The van der Waals surface area contributed by atoms with E-state index in [-0.39, 0.29) is 28.1 Å². The third kappa shape index (κ3) is 24.9. The molecule has 1 amide bonds. The molecule has 0 aromatic rings. The first-order valence-corrected chi connectivity index (χ1v) is 19.0. The van der Waals surface area contributed by atoms with E-state index < -0.39 is 0 Å². The Labute approximate surface area is 288 Å². The maximum Gasteiger partial charge on any atom is 0.219 e. The largest absolute Gasteiger partial charge is 0.356 e. The van der Waals surface area contributed by atoms with Crippen LogP contribution in [0.2, 0.25) is 0 Å². The van der Waals surface area contributed by atoms with Gasteiger partial charge in [-0.3, -0.25) is 9.69 Å². The van der Waals surface area contributed by atoms with Crippen molar-refractivity contribution < 1.29 is 4.79 Å². The molecule has 0 aliphatic carbocycles. The summed E-state index contributed by atoms with van der Waals surface area (Å²) < 4.78 is 0. The summed E-state index contributed by atoms with van der Waals surface area (Å²) in [6.07, 6.45) is 27.4. The molecule has 272 valence electrons. The van der Waals surface area contributed by atoms with Gasteiger partial charge >= 0.3 is 0 Å². The van der Waals surface area contributed by atoms with Gasteiger partial charge in [0.1, 0.15) is 0 Å². The van der Waals surface area contributed by atoms with Crippen molar-refractivity contribution in [3.8, 4) is 0 Å². The van der Waals surface area contributed by atoms with Gasteiger partial charge in [0.25, 0.3) is 0 Å². The number of rotatable bonds is 30. The number of amides is 1. The normalized spacial score (nSPS) is 13.5. The standard InChI is InChI=1S/C40H81N5O/c1-12-13-14-15-16-17-18-19-20-21-22-23-24-25-26-27-36(46)43-32-29-40(8,9)45(34-30-38(4,5)42-11)35-31-39(6,7)44-33-28-37(2,3)41-10/h16-17,19-20,41-42,44H,12-15,18,21-35H2,1-11H3,(H,43,46)/b17-16-,20-19-. The van der Waals surface area contributed by atoms with Gasteiger partial charge in [0, 0.05) is 48.2 Å². The predicted molar refractivity (Wildman–Crippen MR) is 205 cm³/mol. The molecule has 0 radical (unpaired) electrons. The number of carbonyl (C=O) groups excluding carboxylic acids is 1. The minimum atomic E-state index is 0.000665. The van der Waals surface area contributed by atoms with E-state index in [0.29, 0.717) is 6.42 Å². The van der Waals surface area contributed by atoms with E-state index in [2.05, 4.69) is 120 Å². The summed E-state index contributed by atoms with van der Waals surface area (Å²) >= 11 is 0. The second-order valence-corrected chi connectivity index (χ2v) is 16.2. The van der Waals surface area contributed by atoms with E-state index in [4.69, 9.17) is 0 Å². The monoisotopic (exact) mass is 648 g/mol. The summed E-state index contributed by atoms with van der Waals surface area (Å²) in [5, 5.41) is 13.9. The molecular formula is C40H81N5O. The highest BCUT2D eigenvalue weighted by Gasteiger charge is 2.30. The highest BCUT2D eigenvalue weighted by atomic mass is 16.1. The number of hydrogen-bond donors (Lipinski definition) is 4. The Bertz CT molecular complexity index is 814. The Hall–Kier alpha value is -1.21. The van der Waals surface area contributed by atoms with Crippen molar-refractivity contribution in [2.24, 2.45) is 0 Å². The first-order valence-electron chi connectivity index (χ1n) is 19.0. The van der Waals surface area contributed by atoms with Crippen molar-refractivity contribution in [1.82, 2.24) is 26.2 Å². The third-order valence-corrected chi connectivity index (χ3v) is 9.99. The van der Waals surface area contributed by atoms with Gasteiger partial charge in [-0.2, -0.15) is 0 Å². The average Bonchev–Trinajstić information content (AvgIpc) is 2.98. The van der Waals surface area contributed by atoms with Crippen LogP contribution in [0.25, 0.3) is 0 Å². The molecule has 0 aliphatic heterocycles. The summed E-state index contributed by atoms with van der Waals surface area (Å²) in [5.74, 6) is 0.208. The Morgan fingerprint density at radius 3 is 1.72 bits per heavy atom. The predicted octanol–water partition coefficient (Wildman–Crippen LogP) is 8.92. The maximum atomic E-state index is 12.6. The van der Waals surface area contributed by atoms with Gasteiger partial charge < -0.3 is 21.3 Å². The number of allylic oxidation sites excluding steroid dienone is 4. The van der Waals surface area contributed by atoms with Crippen molar-refractivity contribution in [1.29, 1.82) is 0 Å². The number of nitrogens with zero attached hydrogens (tertiary/aromatic N) is 1. The molecular weight excluding hydrogens is 566 g/mol. The van der Waals surface area contributed by atoms with Gasteiger partial charge in [-0.1, -0.05) is 63.3 Å². The molecule has 0 aromatic heterocycles. The zero-order valence-electron chi connectivity index (χ0n) is 32.8. The first-order chi connectivity index (χ1) is 21.6. The van der Waals surface area contributed by atoms with Crippen LogP contribution in [0.4, 0.5) is 0 Å². The van der Waals surface area contributed by atoms with Crippen molar-refractivity contribution in [3.05, 3.63) is 24.3 Å². The summed E-state index contributed by atoms with van der Waals surface area (Å²) in [6.45, 7) is 24.5. The molecule has 0 unspecified atom stereocenters.